The first-order valence-electron chi connectivity index (χ1n) is 9.07. The van der Waals surface area contributed by atoms with E-state index < -0.39 is 11.7 Å². The summed E-state index contributed by atoms with van der Waals surface area (Å²) in [5.74, 6) is 0.0838. The van der Waals surface area contributed by atoms with Gasteiger partial charge in [-0.25, -0.2) is 0 Å². The molecule has 1 saturated heterocycles. The molecule has 0 spiro atoms. The minimum Gasteiger partial charge on any atom is -0.504 e. The van der Waals surface area contributed by atoms with Gasteiger partial charge in [0.25, 0.3) is 0 Å². The van der Waals surface area contributed by atoms with Crippen molar-refractivity contribution in [1.82, 2.24) is 4.90 Å². The zero-order valence-corrected chi connectivity index (χ0v) is 15.5. The summed E-state index contributed by atoms with van der Waals surface area (Å²) in [6.07, 6.45) is -2.86. The minimum absolute atomic E-state index is 0.0643. The predicted octanol–water partition coefficient (Wildman–Crippen LogP) is 4.51. The summed E-state index contributed by atoms with van der Waals surface area (Å²) in [7, 11) is 1.48. The molecule has 2 aromatic rings. The van der Waals surface area contributed by atoms with Crippen molar-refractivity contribution >= 4 is 5.78 Å². The fourth-order valence-electron chi connectivity index (χ4n) is 3.56. The van der Waals surface area contributed by atoms with E-state index >= 15 is 0 Å². The van der Waals surface area contributed by atoms with Crippen LogP contribution in [0.4, 0.5) is 13.2 Å². The maximum absolute atomic E-state index is 12.7. The van der Waals surface area contributed by atoms with Crippen LogP contribution in [0.2, 0.25) is 0 Å². The Morgan fingerprint density at radius 2 is 1.93 bits per heavy atom. The first-order valence-corrected chi connectivity index (χ1v) is 9.07. The molecule has 150 valence electrons. The van der Waals surface area contributed by atoms with E-state index in [1.807, 2.05) is 6.07 Å². The lowest BCUT2D eigenvalue weighted by molar-refractivity contribution is -0.137. The summed E-state index contributed by atoms with van der Waals surface area (Å²) >= 11 is 0. The number of phenolic OH excluding ortho intramolecular Hbond substituents is 1. The molecule has 1 unspecified atom stereocenters. The number of hydrogen-bond donors (Lipinski definition) is 1. The molecule has 1 aliphatic heterocycles. The molecular weight excluding hydrogens is 371 g/mol. The summed E-state index contributed by atoms with van der Waals surface area (Å²) < 4.78 is 43.1. The largest absolute Gasteiger partial charge is 0.504 e. The number of carbonyl (C=O) groups is 1. The van der Waals surface area contributed by atoms with Crippen LogP contribution in [-0.4, -0.2) is 36.0 Å². The Kier molecular flexibility index (Phi) is 5.93. The van der Waals surface area contributed by atoms with Crippen molar-refractivity contribution in [2.45, 2.75) is 25.6 Å². The highest BCUT2D eigenvalue weighted by molar-refractivity contribution is 5.98. The van der Waals surface area contributed by atoms with Crippen LogP contribution < -0.4 is 4.74 Å². The highest BCUT2D eigenvalue weighted by Gasteiger charge is 2.31. The van der Waals surface area contributed by atoms with E-state index in [2.05, 4.69) is 4.90 Å². The van der Waals surface area contributed by atoms with E-state index in [0.29, 0.717) is 30.8 Å². The van der Waals surface area contributed by atoms with Gasteiger partial charge in [-0.3, -0.25) is 9.69 Å². The van der Waals surface area contributed by atoms with Crippen LogP contribution in [0.25, 0.3) is 0 Å². The number of halogens is 3. The number of hydrogen-bond acceptors (Lipinski definition) is 4. The molecule has 2 aromatic carbocycles. The third-order valence-electron chi connectivity index (χ3n) is 5.02. The maximum Gasteiger partial charge on any atom is 0.416 e. The lowest BCUT2D eigenvalue weighted by Crippen LogP contribution is -2.38. The Morgan fingerprint density at radius 1 is 1.21 bits per heavy atom. The molecule has 1 N–H and O–H groups in total. The molecule has 1 heterocycles. The predicted molar refractivity (Wildman–Crippen MR) is 98.4 cm³/mol. The van der Waals surface area contributed by atoms with Crippen molar-refractivity contribution in [3.8, 4) is 11.5 Å². The van der Waals surface area contributed by atoms with Crippen molar-refractivity contribution in [3.63, 3.8) is 0 Å². The average molecular weight is 393 g/mol. The summed E-state index contributed by atoms with van der Waals surface area (Å²) in [5.41, 5.74) is 0.455. The van der Waals surface area contributed by atoms with Gasteiger partial charge >= 0.3 is 6.18 Å². The standard InChI is InChI=1S/C21H22F3NO3/c1-28-19-9-4-14(11-18(19)26)12-25-10-2-3-16(13-25)20(27)15-5-7-17(8-6-15)21(22,23)24/h4-9,11,16,26H,2-3,10,12-13H2,1H3. The van der Waals surface area contributed by atoms with Crippen LogP contribution in [0.5, 0.6) is 11.5 Å². The molecule has 0 bridgehead atoms. The van der Waals surface area contributed by atoms with Gasteiger partial charge in [0.1, 0.15) is 0 Å². The summed E-state index contributed by atoms with van der Waals surface area (Å²) in [6.45, 7) is 1.94. The fraction of sp³-hybridized carbons (Fsp3) is 0.381. The summed E-state index contributed by atoms with van der Waals surface area (Å²) in [4.78, 5) is 14.9. The van der Waals surface area contributed by atoms with Gasteiger partial charge in [-0.15, -0.1) is 0 Å². The van der Waals surface area contributed by atoms with E-state index in [1.54, 1.807) is 12.1 Å². The van der Waals surface area contributed by atoms with Gasteiger partial charge in [0.2, 0.25) is 0 Å². The van der Waals surface area contributed by atoms with E-state index in [0.717, 1.165) is 30.7 Å². The Balaban J connectivity index is 1.65. The highest BCUT2D eigenvalue weighted by atomic mass is 19.4. The van der Waals surface area contributed by atoms with Crippen LogP contribution in [0.15, 0.2) is 42.5 Å². The SMILES string of the molecule is COc1ccc(CN2CCCC(C(=O)c3ccc(C(F)(F)F)cc3)C2)cc1O. The first-order chi connectivity index (χ1) is 13.3. The minimum atomic E-state index is -4.41. The zero-order chi connectivity index (χ0) is 20.3. The van der Waals surface area contributed by atoms with Crippen molar-refractivity contribution in [1.29, 1.82) is 0 Å². The number of benzene rings is 2. The smallest absolute Gasteiger partial charge is 0.416 e. The molecule has 3 rings (SSSR count). The number of ketones is 1. The second-order valence-corrected chi connectivity index (χ2v) is 7.02. The topological polar surface area (TPSA) is 49.8 Å². The molecule has 28 heavy (non-hydrogen) atoms. The van der Waals surface area contributed by atoms with Crippen LogP contribution >= 0.6 is 0 Å². The molecule has 0 amide bonds. The molecule has 0 aromatic heterocycles. The number of aromatic hydroxyl groups is 1. The van der Waals surface area contributed by atoms with Crippen LogP contribution in [0, 0.1) is 5.92 Å². The number of likely N-dealkylation sites (tertiary alicyclic amines) is 1. The number of nitrogens with zero attached hydrogens (tertiary/aromatic N) is 1. The van der Waals surface area contributed by atoms with Gasteiger partial charge < -0.3 is 9.84 Å². The first kappa shape index (κ1) is 20.2. The number of phenols is 1. The number of piperidine rings is 1. The average Bonchev–Trinajstić information content (AvgIpc) is 2.67. The van der Waals surface area contributed by atoms with Crippen molar-refractivity contribution in [2.75, 3.05) is 20.2 Å². The molecule has 0 saturated carbocycles. The maximum atomic E-state index is 12.7. The number of ether oxygens (including phenoxy) is 1. The second-order valence-electron chi connectivity index (χ2n) is 7.02. The van der Waals surface area contributed by atoms with Gasteiger partial charge in [0, 0.05) is 24.6 Å². The number of Topliss-reactive ketones (excluding diaryl/α,β-unsaturated/α-hetero) is 1. The molecule has 0 radical (unpaired) electrons. The van der Waals surface area contributed by atoms with E-state index in [9.17, 15) is 23.1 Å². The van der Waals surface area contributed by atoms with Crippen LogP contribution in [-0.2, 0) is 12.7 Å². The number of rotatable bonds is 5. The third kappa shape index (κ3) is 4.65. The molecule has 4 nitrogen and oxygen atoms in total. The Morgan fingerprint density at radius 3 is 2.54 bits per heavy atom. The number of methoxy groups -OCH3 is 1. The third-order valence-corrected chi connectivity index (χ3v) is 5.02. The van der Waals surface area contributed by atoms with E-state index in [-0.39, 0.29) is 17.5 Å². The van der Waals surface area contributed by atoms with E-state index in [1.165, 1.54) is 19.2 Å². The molecule has 1 aliphatic rings. The second kappa shape index (κ2) is 8.22. The zero-order valence-electron chi connectivity index (χ0n) is 15.5. The Bertz CT molecular complexity index is 834. The molecular formula is C21H22F3NO3. The number of alkyl halides is 3. The quantitative estimate of drug-likeness (QED) is 0.759. The fourth-order valence-corrected chi connectivity index (χ4v) is 3.56. The lowest BCUT2D eigenvalue weighted by Gasteiger charge is -2.32. The number of carbonyl (C=O) groups excluding carboxylic acids is 1. The van der Waals surface area contributed by atoms with Gasteiger partial charge in [0.15, 0.2) is 17.3 Å². The lowest BCUT2D eigenvalue weighted by atomic mass is 9.89. The normalized spacial score (nSPS) is 18.1. The summed E-state index contributed by atoms with van der Waals surface area (Å²) in [6, 6.07) is 9.61. The van der Waals surface area contributed by atoms with Crippen molar-refractivity contribution in [3.05, 3.63) is 59.2 Å². The molecule has 0 aliphatic carbocycles. The Hall–Kier alpha value is -2.54. The monoisotopic (exact) mass is 393 g/mol. The highest BCUT2D eigenvalue weighted by Crippen LogP contribution is 2.31. The summed E-state index contributed by atoms with van der Waals surface area (Å²) in [5, 5.41) is 9.91. The van der Waals surface area contributed by atoms with Gasteiger partial charge in [0.05, 0.1) is 12.7 Å². The van der Waals surface area contributed by atoms with Gasteiger partial charge in [-0.2, -0.15) is 13.2 Å². The molecule has 1 atom stereocenters. The Labute approximate surface area is 161 Å². The van der Waals surface area contributed by atoms with Crippen LogP contribution in [0.1, 0.15) is 34.3 Å². The van der Waals surface area contributed by atoms with Crippen molar-refractivity contribution in [2.24, 2.45) is 5.92 Å². The molecule has 7 heteroatoms. The van der Waals surface area contributed by atoms with Gasteiger partial charge in [-0.05, 0) is 49.2 Å². The van der Waals surface area contributed by atoms with Crippen LogP contribution in [0.3, 0.4) is 0 Å². The molecule has 1 fully saturated rings. The van der Waals surface area contributed by atoms with Crippen molar-refractivity contribution < 1.29 is 27.8 Å². The van der Waals surface area contributed by atoms with E-state index in [4.69, 9.17) is 4.74 Å². The van der Waals surface area contributed by atoms with Gasteiger partial charge in [-0.1, -0.05) is 18.2 Å².